The van der Waals surface area contributed by atoms with E-state index in [0.717, 1.165) is 23.1 Å². The highest BCUT2D eigenvalue weighted by atomic mass is 16.3. The van der Waals surface area contributed by atoms with Crippen molar-refractivity contribution in [1.82, 2.24) is 15.3 Å². The first-order chi connectivity index (χ1) is 13.5. The maximum atomic E-state index is 12.3. The van der Waals surface area contributed by atoms with Crippen LogP contribution in [0.2, 0.25) is 0 Å². The van der Waals surface area contributed by atoms with Gasteiger partial charge in [0.05, 0.1) is 11.8 Å². The van der Waals surface area contributed by atoms with Crippen LogP contribution in [0.1, 0.15) is 40.5 Å². The lowest BCUT2D eigenvalue weighted by atomic mass is 10.2. The Bertz CT molecular complexity index is 921. The van der Waals surface area contributed by atoms with Gasteiger partial charge >= 0.3 is 0 Å². The van der Waals surface area contributed by atoms with Gasteiger partial charge in [0.25, 0.3) is 0 Å². The fraction of sp³-hybridized carbons (Fsp3) is 0.409. The molecular weight excluding hydrogens is 352 g/mol. The number of fused-ring (bicyclic) bond motifs is 1. The Hall–Kier alpha value is -2.89. The van der Waals surface area contributed by atoms with Crippen LogP contribution in [-0.4, -0.2) is 34.5 Å². The Morgan fingerprint density at radius 1 is 1.14 bits per heavy atom. The molecule has 0 aliphatic heterocycles. The first-order valence-electron chi connectivity index (χ1n) is 9.86. The number of nitrogens with zero attached hydrogens (tertiary/aromatic N) is 3. The molecule has 0 bridgehead atoms. The van der Waals surface area contributed by atoms with Crippen molar-refractivity contribution in [2.45, 2.75) is 52.6 Å². The standard InChI is InChI=1S/C22H28N4O2/c1-5-16(4)23-20(27)12-13-26(15(2)3)22-17-9-6-7-10-18(17)24-21(25-22)19-11-8-14-28-19/h6-11,14-16H,5,12-13H2,1-4H3,(H,23,27). The van der Waals surface area contributed by atoms with E-state index in [1.165, 1.54) is 0 Å². The van der Waals surface area contributed by atoms with Gasteiger partial charge in [0.2, 0.25) is 5.91 Å². The Balaban J connectivity index is 1.94. The molecule has 1 unspecified atom stereocenters. The molecule has 148 valence electrons. The van der Waals surface area contributed by atoms with E-state index in [2.05, 4.69) is 36.0 Å². The van der Waals surface area contributed by atoms with Crippen LogP contribution in [-0.2, 0) is 4.79 Å². The zero-order valence-corrected chi connectivity index (χ0v) is 17.0. The minimum Gasteiger partial charge on any atom is -0.461 e. The highest BCUT2D eigenvalue weighted by Gasteiger charge is 2.20. The molecule has 0 spiro atoms. The molecule has 0 fully saturated rings. The number of benzene rings is 1. The lowest BCUT2D eigenvalue weighted by molar-refractivity contribution is -0.121. The lowest BCUT2D eigenvalue weighted by Crippen LogP contribution is -2.38. The van der Waals surface area contributed by atoms with E-state index in [4.69, 9.17) is 9.40 Å². The Labute approximate surface area is 166 Å². The molecule has 28 heavy (non-hydrogen) atoms. The van der Waals surface area contributed by atoms with Gasteiger partial charge in [-0.1, -0.05) is 19.1 Å². The summed E-state index contributed by atoms with van der Waals surface area (Å²) in [6, 6.07) is 12.0. The van der Waals surface area contributed by atoms with Crippen LogP contribution < -0.4 is 10.2 Å². The van der Waals surface area contributed by atoms with Crippen LogP contribution in [0.4, 0.5) is 5.82 Å². The molecule has 1 N–H and O–H groups in total. The van der Waals surface area contributed by atoms with E-state index >= 15 is 0 Å². The number of furan rings is 1. The molecule has 1 atom stereocenters. The summed E-state index contributed by atoms with van der Waals surface area (Å²) in [7, 11) is 0. The molecule has 6 heteroatoms. The number of hydrogen-bond acceptors (Lipinski definition) is 5. The third-order valence-corrected chi connectivity index (χ3v) is 4.82. The fourth-order valence-corrected chi connectivity index (χ4v) is 3.07. The summed E-state index contributed by atoms with van der Waals surface area (Å²) in [6.07, 6.45) is 2.95. The van der Waals surface area contributed by atoms with Crippen molar-refractivity contribution in [3.05, 3.63) is 42.7 Å². The first kappa shape index (κ1) is 19.9. The number of para-hydroxylation sites is 1. The summed E-state index contributed by atoms with van der Waals surface area (Å²) in [5.41, 5.74) is 0.855. The van der Waals surface area contributed by atoms with Crippen LogP contribution in [0.15, 0.2) is 47.1 Å². The average molecular weight is 380 g/mol. The minimum atomic E-state index is 0.0598. The van der Waals surface area contributed by atoms with Crippen LogP contribution in [0.3, 0.4) is 0 Å². The fourth-order valence-electron chi connectivity index (χ4n) is 3.07. The molecule has 0 radical (unpaired) electrons. The predicted octanol–water partition coefficient (Wildman–Crippen LogP) is 4.41. The van der Waals surface area contributed by atoms with Gasteiger partial charge < -0.3 is 14.6 Å². The lowest BCUT2D eigenvalue weighted by Gasteiger charge is -2.29. The van der Waals surface area contributed by atoms with Crippen LogP contribution in [0, 0.1) is 0 Å². The molecule has 3 rings (SSSR count). The molecule has 0 aliphatic rings. The van der Waals surface area contributed by atoms with E-state index in [9.17, 15) is 4.79 Å². The van der Waals surface area contributed by atoms with Gasteiger partial charge in [-0.3, -0.25) is 4.79 Å². The Kier molecular flexibility index (Phi) is 6.29. The Morgan fingerprint density at radius 2 is 1.93 bits per heavy atom. The zero-order chi connectivity index (χ0) is 20.1. The summed E-state index contributed by atoms with van der Waals surface area (Å²) in [4.78, 5) is 23.9. The van der Waals surface area contributed by atoms with Crippen LogP contribution in [0.25, 0.3) is 22.5 Å². The molecule has 6 nitrogen and oxygen atoms in total. The number of nitrogens with one attached hydrogen (secondary N) is 1. The normalized spacial score (nSPS) is 12.3. The first-order valence-corrected chi connectivity index (χ1v) is 9.86. The molecule has 2 aromatic heterocycles. The van der Waals surface area contributed by atoms with Gasteiger partial charge in [0.15, 0.2) is 11.6 Å². The molecule has 0 aliphatic carbocycles. The summed E-state index contributed by atoms with van der Waals surface area (Å²) >= 11 is 0. The minimum absolute atomic E-state index is 0.0598. The molecule has 1 aromatic carbocycles. The second-order valence-corrected chi connectivity index (χ2v) is 7.28. The summed E-state index contributed by atoms with van der Waals surface area (Å²) in [5, 5.41) is 4.00. The highest BCUT2D eigenvalue weighted by molar-refractivity contribution is 5.91. The van der Waals surface area contributed by atoms with Crippen molar-refractivity contribution < 1.29 is 9.21 Å². The van der Waals surface area contributed by atoms with Crippen molar-refractivity contribution in [1.29, 1.82) is 0 Å². The second-order valence-electron chi connectivity index (χ2n) is 7.28. The molecule has 0 saturated heterocycles. The monoisotopic (exact) mass is 380 g/mol. The van der Waals surface area contributed by atoms with E-state index in [0.29, 0.717) is 24.6 Å². The topological polar surface area (TPSA) is 71.3 Å². The average Bonchev–Trinajstić information content (AvgIpc) is 3.22. The summed E-state index contributed by atoms with van der Waals surface area (Å²) < 4.78 is 5.51. The zero-order valence-electron chi connectivity index (χ0n) is 17.0. The number of amides is 1. The van der Waals surface area contributed by atoms with Crippen LogP contribution in [0.5, 0.6) is 0 Å². The van der Waals surface area contributed by atoms with Gasteiger partial charge in [-0.15, -0.1) is 0 Å². The number of carbonyl (C=O) groups excluding carboxylic acids is 1. The van der Waals surface area contributed by atoms with Crippen molar-refractivity contribution in [3.63, 3.8) is 0 Å². The van der Waals surface area contributed by atoms with E-state index < -0.39 is 0 Å². The van der Waals surface area contributed by atoms with Gasteiger partial charge in [-0.05, 0) is 51.5 Å². The third-order valence-electron chi connectivity index (χ3n) is 4.82. The summed E-state index contributed by atoms with van der Waals surface area (Å²) in [6.45, 7) is 8.88. The summed E-state index contributed by atoms with van der Waals surface area (Å²) in [5.74, 6) is 2.06. The van der Waals surface area contributed by atoms with Crippen molar-refractivity contribution in [3.8, 4) is 11.6 Å². The molecule has 3 aromatic rings. The SMILES string of the molecule is CCC(C)NC(=O)CCN(c1nc(-c2ccco2)nc2ccccc12)C(C)C. The van der Waals surface area contributed by atoms with E-state index in [1.807, 2.05) is 43.3 Å². The number of anilines is 1. The van der Waals surface area contributed by atoms with E-state index in [-0.39, 0.29) is 18.0 Å². The van der Waals surface area contributed by atoms with Gasteiger partial charge in [-0.2, -0.15) is 0 Å². The number of aromatic nitrogens is 2. The Morgan fingerprint density at radius 3 is 2.61 bits per heavy atom. The number of rotatable bonds is 8. The van der Waals surface area contributed by atoms with Crippen molar-refractivity contribution in [2.75, 3.05) is 11.4 Å². The molecule has 2 heterocycles. The molecule has 1 amide bonds. The predicted molar refractivity (Wildman–Crippen MR) is 112 cm³/mol. The van der Waals surface area contributed by atoms with Crippen molar-refractivity contribution in [2.24, 2.45) is 0 Å². The smallest absolute Gasteiger partial charge is 0.221 e. The second kappa shape index (κ2) is 8.87. The van der Waals surface area contributed by atoms with Gasteiger partial charge in [-0.25, -0.2) is 9.97 Å². The van der Waals surface area contributed by atoms with E-state index in [1.54, 1.807) is 6.26 Å². The van der Waals surface area contributed by atoms with Crippen molar-refractivity contribution >= 4 is 22.6 Å². The maximum absolute atomic E-state index is 12.3. The maximum Gasteiger partial charge on any atom is 0.221 e. The molecular formula is C22H28N4O2. The van der Waals surface area contributed by atoms with Crippen LogP contribution >= 0.6 is 0 Å². The quantitative estimate of drug-likeness (QED) is 0.627. The molecule has 0 saturated carbocycles. The number of hydrogen-bond donors (Lipinski definition) is 1. The third kappa shape index (κ3) is 4.50. The van der Waals surface area contributed by atoms with Gasteiger partial charge in [0, 0.05) is 30.4 Å². The largest absolute Gasteiger partial charge is 0.461 e. The number of carbonyl (C=O) groups is 1. The van der Waals surface area contributed by atoms with Gasteiger partial charge in [0.1, 0.15) is 5.82 Å². The highest BCUT2D eigenvalue weighted by Crippen LogP contribution is 2.29.